The van der Waals surface area contributed by atoms with Crippen LogP contribution in [0.25, 0.3) is 0 Å². The van der Waals surface area contributed by atoms with E-state index in [0.29, 0.717) is 6.04 Å². The topological polar surface area (TPSA) is 33.7 Å². The van der Waals surface area contributed by atoms with Crippen LogP contribution in [0, 0.1) is 0 Å². The van der Waals surface area contributed by atoms with Crippen molar-refractivity contribution in [2.75, 3.05) is 33.4 Å². The molecule has 4 nitrogen and oxygen atoms in total. The highest BCUT2D eigenvalue weighted by atomic mass is 16.5. The molecule has 0 aromatic heterocycles. The molecule has 2 heterocycles. The Labute approximate surface area is 104 Å². The lowest BCUT2D eigenvalue weighted by molar-refractivity contribution is -0.145. The second kappa shape index (κ2) is 4.84. The summed E-state index contributed by atoms with van der Waals surface area (Å²) >= 11 is 0. The molecule has 1 spiro atoms. The summed E-state index contributed by atoms with van der Waals surface area (Å²) < 4.78 is 11.3. The monoisotopic (exact) mass is 240 g/mol. The molecule has 0 amide bonds. The lowest BCUT2D eigenvalue weighted by Crippen LogP contribution is -2.62. The predicted octanol–water partition coefficient (Wildman–Crippen LogP) is 0.966. The molecule has 2 saturated heterocycles. The summed E-state index contributed by atoms with van der Waals surface area (Å²) in [4.78, 5) is 2.64. The van der Waals surface area contributed by atoms with E-state index in [2.05, 4.69) is 10.2 Å². The van der Waals surface area contributed by atoms with Crippen molar-refractivity contribution < 1.29 is 9.47 Å². The number of hydrogen-bond acceptors (Lipinski definition) is 4. The molecule has 4 heteroatoms. The van der Waals surface area contributed by atoms with Gasteiger partial charge in [-0.3, -0.25) is 5.32 Å². The van der Waals surface area contributed by atoms with Crippen LogP contribution in [0.15, 0.2) is 0 Å². The zero-order chi connectivity index (χ0) is 11.7. The molecular weight excluding hydrogens is 216 g/mol. The third kappa shape index (κ3) is 2.65. The Morgan fingerprint density at radius 3 is 2.71 bits per heavy atom. The molecule has 0 bridgehead atoms. The minimum atomic E-state index is -0.0488. The highest BCUT2D eigenvalue weighted by molar-refractivity contribution is 4.95. The van der Waals surface area contributed by atoms with Gasteiger partial charge in [-0.05, 0) is 19.3 Å². The van der Waals surface area contributed by atoms with Crippen LogP contribution < -0.4 is 5.32 Å². The van der Waals surface area contributed by atoms with Crippen molar-refractivity contribution in [2.24, 2.45) is 0 Å². The van der Waals surface area contributed by atoms with Crippen molar-refractivity contribution in [3.63, 3.8) is 0 Å². The van der Waals surface area contributed by atoms with E-state index in [-0.39, 0.29) is 5.72 Å². The first-order valence-electron chi connectivity index (χ1n) is 6.96. The molecule has 0 aromatic carbocycles. The second-order valence-electron chi connectivity index (χ2n) is 5.70. The lowest BCUT2D eigenvalue weighted by atomic mass is 9.96. The summed E-state index contributed by atoms with van der Waals surface area (Å²) in [5.41, 5.74) is -0.0488. The largest absolute Gasteiger partial charge is 0.383 e. The van der Waals surface area contributed by atoms with Gasteiger partial charge >= 0.3 is 0 Å². The Morgan fingerprint density at radius 1 is 1.29 bits per heavy atom. The molecule has 1 aliphatic carbocycles. The molecule has 1 unspecified atom stereocenters. The Kier molecular flexibility index (Phi) is 3.39. The number of rotatable bonds is 3. The zero-order valence-corrected chi connectivity index (χ0v) is 10.8. The van der Waals surface area contributed by atoms with E-state index in [4.69, 9.17) is 9.47 Å². The third-order valence-corrected chi connectivity index (χ3v) is 4.35. The maximum Gasteiger partial charge on any atom is 0.121 e. The van der Waals surface area contributed by atoms with Crippen molar-refractivity contribution in [1.29, 1.82) is 0 Å². The Bertz CT molecular complexity index is 258. The fraction of sp³-hybridized carbons (Fsp3) is 1.00. The van der Waals surface area contributed by atoms with Gasteiger partial charge in [0.15, 0.2) is 0 Å². The molecule has 0 aromatic rings. The summed E-state index contributed by atoms with van der Waals surface area (Å²) in [6.07, 6.45) is 6.15. The normalized spacial score (nSPS) is 34.1. The van der Waals surface area contributed by atoms with Gasteiger partial charge in [-0.15, -0.1) is 0 Å². The van der Waals surface area contributed by atoms with Gasteiger partial charge in [0.2, 0.25) is 0 Å². The standard InChI is InChI=1S/C13H24N2O2/c1-16-10-11-4-9-17-13(14-11)5-7-15(8-6-13)12-2-3-12/h11-12,14H,2-10H2,1H3. The molecule has 1 N–H and O–H groups in total. The van der Waals surface area contributed by atoms with E-state index in [1.54, 1.807) is 7.11 Å². The lowest BCUT2D eigenvalue weighted by Gasteiger charge is -2.47. The zero-order valence-electron chi connectivity index (χ0n) is 10.8. The Morgan fingerprint density at radius 2 is 2.06 bits per heavy atom. The first-order chi connectivity index (χ1) is 8.31. The molecule has 3 rings (SSSR count). The fourth-order valence-electron chi connectivity index (χ4n) is 3.19. The summed E-state index contributed by atoms with van der Waals surface area (Å²) in [6, 6.07) is 1.37. The first kappa shape index (κ1) is 11.9. The predicted molar refractivity (Wildman–Crippen MR) is 65.9 cm³/mol. The second-order valence-corrected chi connectivity index (χ2v) is 5.70. The van der Waals surface area contributed by atoms with Gasteiger partial charge in [-0.25, -0.2) is 0 Å². The van der Waals surface area contributed by atoms with Gasteiger partial charge in [0.1, 0.15) is 5.72 Å². The van der Waals surface area contributed by atoms with Crippen LogP contribution >= 0.6 is 0 Å². The maximum absolute atomic E-state index is 6.04. The average Bonchev–Trinajstić information content (AvgIpc) is 3.15. The van der Waals surface area contributed by atoms with E-state index in [1.807, 2.05) is 0 Å². The van der Waals surface area contributed by atoms with Crippen LogP contribution in [0.1, 0.15) is 32.1 Å². The molecule has 1 saturated carbocycles. The summed E-state index contributed by atoms with van der Waals surface area (Å²) in [6.45, 7) is 4.07. The fourth-order valence-corrected chi connectivity index (χ4v) is 3.19. The van der Waals surface area contributed by atoms with Crippen molar-refractivity contribution in [3.05, 3.63) is 0 Å². The van der Waals surface area contributed by atoms with E-state index < -0.39 is 0 Å². The number of nitrogens with one attached hydrogen (secondary N) is 1. The van der Waals surface area contributed by atoms with E-state index in [0.717, 1.165) is 38.5 Å². The van der Waals surface area contributed by atoms with E-state index in [9.17, 15) is 0 Å². The molecule has 3 aliphatic rings. The highest BCUT2D eigenvalue weighted by Crippen LogP contribution is 2.34. The van der Waals surface area contributed by atoms with E-state index >= 15 is 0 Å². The van der Waals surface area contributed by atoms with Crippen LogP contribution in [0.3, 0.4) is 0 Å². The van der Waals surface area contributed by atoms with Gasteiger partial charge in [0.25, 0.3) is 0 Å². The van der Waals surface area contributed by atoms with Gasteiger partial charge in [-0.2, -0.15) is 0 Å². The van der Waals surface area contributed by atoms with Crippen molar-refractivity contribution in [1.82, 2.24) is 10.2 Å². The highest BCUT2D eigenvalue weighted by Gasteiger charge is 2.42. The van der Waals surface area contributed by atoms with Gasteiger partial charge in [0, 0.05) is 45.1 Å². The molecule has 0 radical (unpaired) electrons. The number of hydrogen-bond donors (Lipinski definition) is 1. The quantitative estimate of drug-likeness (QED) is 0.797. The van der Waals surface area contributed by atoms with Gasteiger partial charge in [0.05, 0.1) is 13.2 Å². The van der Waals surface area contributed by atoms with Crippen molar-refractivity contribution >= 4 is 0 Å². The number of nitrogens with zero attached hydrogens (tertiary/aromatic N) is 1. The number of ether oxygens (including phenoxy) is 2. The molecular formula is C13H24N2O2. The van der Waals surface area contributed by atoms with Crippen LogP contribution in [-0.4, -0.2) is 56.1 Å². The molecule has 17 heavy (non-hydrogen) atoms. The average molecular weight is 240 g/mol. The summed E-state index contributed by atoms with van der Waals surface area (Å²) in [5.74, 6) is 0. The third-order valence-electron chi connectivity index (χ3n) is 4.35. The SMILES string of the molecule is COCC1CCOC2(CCN(C3CC3)CC2)N1. The van der Waals surface area contributed by atoms with Crippen LogP contribution in [0.4, 0.5) is 0 Å². The number of piperidine rings is 1. The summed E-state index contributed by atoms with van der Waals surface area (Å²) in [5, 5.41) is 3.68. The molecule has 3 fully saturated rings. The van der Waals surface area contributed by atoms with Crippen LogP contribution in [0.2, 0.25) is 0 Å². The first-order valence-corrected chi connectivity index (χ1v) is 6.96. The van der Waals surface area contributed by atoms with Gasteiger partial charge in [-0.1, -0.05) is 0 Å². The Balaban J connectivity index is 1.54. The number of likely N-dealkylation sites (tertiary alicyclic amines) is 1. The molecule has 1 atom stereocenters. The van der Waals surface area contributed by atoms with Crippen LogP contribution in [0.5, 0.6) is 0 Å². The Hall–Kier alpha value is -0.160. The molecule has 98 valence electrons. The van der Waals surface area contributed by atoms with Gasteiger partial charge < -0.3 is 14.4 Å². The molecule has 2 aliphatic heterocycles. The van der Waals surface area contributed by atoms with Crippen molar-refractivity contribution in [3.8, 4) is 0 Å². The van der Waals surface area contributed by atoms with E-state index in [1.165, 1.54) is 25.9 Å². The number of methoxy groups -OCH3 is 1. The smallest absolute Gasteiger partial charge is 0.121 e. The summed E-state index contributed by atoms with van der Waals surface area (Å²) in [7, 11) is 1.78. The maximum atomic E-state index is 6.04. The minimum Gasteiger partial charge on any atom is -0.383 e. The van der Waals surface area contributed by atoms with Crippen molar-refractivity contribution in [2.45, 2.75) is 49.9 Å². The van der Waals surface area contributed by atoms with Crippen LogP contribution in [-0.2, 0) is 9.47 Å². The minimum absolute atomic E-state index is 0.0488.